The van der Waals surface area contributed by atoms with Crippen LogP contribution >= 0.6 is 0 Å². The van der Waals surface area contributed by atoms with Gasteiger partial charge in [-0.1, -0.05) is 13.8 Å². The van der Waals surface area contributed by atoms with E-state index in [1.165, 1.54) is 25.9 Å². The molecule has 1 fully saturated rings. The zero-order valence-electron chi connectivity index (χ0n) is 9.56. The summed E-state index contributed by atoms with van der Waals surface area (Å²) >= 11 is 0. The van der Waals surface area contributed by atoms with Gasteiger partial charge >= 0.3 is 0 Å². The molecule has 0 amide bonds. The third-order valence-electron chi connectivity index (χ3n) is 3.11. The molecule has 1 unspecified atom stereocenters. The second kappa shape index (κ2) is 4.43. The van der Waals surface area contributed by atoms with Gasteiger partial charge in [-0.3, -0.25) is 4.90 Å². The van der Waals surface area contributed by atoms with E-state index in [0.717, 1.165) is 6.54 Å². The van der Waals surface area contributed by atoms with Crippen molar-refractivity contribution >= 4 is 0 Å². The van der Waals surface area contributed by atoms with Crippen molar-refractivity contribution in [1.29, 1.82) is 0 Å². The van der Waals surface area contributed by atoms with Crippen molar-refractivity contribution in [3.8, 4) is 0 Å². The van der Waals surface area contributed by atoms with E-state index in [9.17, 15) is 0 Å². The van der Waals surface area contributed by atoms with E-state index in [-0.39, 0.29) is 0 Å². The van der Waals surface area contributed by atoms with Crippen LogP contribution in [0.2, 0.25) is 0 Å². The van der Waals surface area contributed by atoms with Gasteiger partial charge in [0.25, 0.3) is 0 Å². The van der Waals surface area contributed by atoms with E-state index in [2.05, 4.69) is 37.9 Å². The largest absolute Gasteiger partial charge is 0.311 e. The molecule has 0 aromatic carbocycles. The van der Waals surface area contributed by atoms with Crippen LogP contribution in [0.3, 0.4) is 0 Å². The highest BCUT2D eigenvalue weighted by molar-refractivity contribution is 4.92. The number of rotatable bonds is 3. The summed E-state index contributed by atoms with van der Waals surface area (Å²) in [7, 11) is 0. The van der Waals surface area contributed by atoms with Gasteiger partial charge < -0.3 is 5.32 Å². The molecule has 0 aromatic heterocycles. The minimum atomic E-state index is 0.349. The Morgan fingerprint density at radius 2 is 2.08 bits per heavy atom. The maximum Gasteiger partial charge on any atom is 0.0278 e. The van der Waals surface area contributed by atoms with E-state index in [4.69, 9.17) is 0 Å². The molecule has 0 radical (unpaired) electrons. The number of piperazine rings is 1. The van der Waals surface area contributed by atoms with Gasteiger partial charge in [0.1, 0.15) is 0 Å². The smallest absolute Gasteiger partial charge is 0.0278 e. The molecule has 1 aliphatic rings. The maximum atomic E-state index is 3.61. The second-order valence-electron chi connectivity index (χ2n) is 4.74. The van der Waals surface area contributed by atoms with Gasteiger partial charge in [0, 0.05) is 24.7 Å². The summed E-state index contributed by atoms with van der Waals surface area (Å²) in [5, 5.41) is 3.61. The summed E-state index contributed by atoms with van der Waals surface area (Å²) in [5.74, 6) is 0. The second-order valence-corrected chi connectivity index (χ2v) is 4.74. The Labute approximate surface area is 82.7 Å². The Balaban J connectivity index is 2.52. The minimum absolute atomic E-state index is 0.349. The van der Waals surface area contributed by atoms with Gasteiger partial charge in [0.15, 0.2) is 0 Å². The van der Waals surface area contributed by atoms with Crippen LogP contribution in [0.1, 0.15) is 40.5 Å². The van der Waals surface area contributed by atoms with Gasteiger partial charge in [-0.25, -0.2) is 0 Å². The zero-order valence-corrected chi connectivity index (χ0v) is 9.56. The van der Waals surface area contributed by atoms with Crippen LogP contribution in [0.5, 0.6) is 0 Å². The van der Waals surface area contributed by atoms with E-state index in [1.54, 1.807) is 0 Å². The summed E-state index contributed by atoms with van der Waals surface area (Å²) < 4.78 is 0. The average molecular weight is 184 g/mol. The first-order chi connectivity index (χ1) is 6.10. The van der Waals surface area contributed by atoms with Crippen molar-refractivity contribution in [2.75, 3.05) is 19.6 Å². The van der Waals surface area contributed by atoms with Crippen molar-refractivity contribution in [1.82, 2.24) is 10.2 Å². The van der Waals surface area contributed by atoms with Crippen LogP contribution in [-0.2, 0) is 0 Å². The third-order valence-corrected chi connectivity index (χ3v) is 3.11. The fourth-order valence-corrected chi connectivity index (χ4v) is 2.02. The molecule has 0 aliphatic carbocycles. The minimum Gasteiger partial charge on any atom is -0.311 e. The predicted octanol–water partition coefficient (Wildman–Crippen LogP) is 1.86. The highest BCUT2D eigenvalue weighted by atomic mass is 15.3. The Bertz CT molecular complexity index is 154. The number of nitrogens with zero attached hydrogens (tertiary/aromatic N) is 1. The molecule has 78 valence electrons. The van der Waals surface area contributed by atoms with Gasteiger partial charge in [0.2, 0.25) is 0 Å². The van der Waals surface area contributed by atoms with Gasteiger partial charge in [0.05, 0.1) is 0 Å². The Kier molecular flexibility index (Phi) is 3.74. The van der Waals surface area contributed by atoms with E-state index in [0.29, 0.717) is 11.6 Å². The molecule has 1 rings (SSSR count). The predicted molar refractivity (Wildman–Crippen MR) is 58.0 cm³/mol. The molecule has 1 saturated heterocycles. The number of hydrogen-bond acceptors (Lipinski definition) is 2. The van der Waals surface area contributed by atoms with Crippen molar-refractivity contribution in [3.63, 3.8) is 0 Å². The summed E-state index contributed by atoms with van der Waals surface area (Å²) in [5.41, 5.74) is 0.349. The Morgan fingerprint density at radius 3 is 2.62 bits per heavy atom. The normalized spacial score (nSPS) is 29.1. The Morgan fingerprint density at radius 1 is 1.38 bits per heavy atom. The maximum absolute atomic E-state index is 3.61. The highest BCUT2D eigenvalue weighted by Crippen LogP contribution is 2.19. The molecule has 1 N–H and O–H groups in total. The summed E-state index contributed by atoms with van der Waals surface area (Å²) in [6.45, 7) is 12.8. The van der Waals surface area contributed by atoms with E-state index in [1.807, 2.05) is 0 Å². The quantitative estimate of drug-likeness (QED) is 0.720. The molecule has 0 bridgehead atoms. The molecule has 2 nitrogen and oxygen atoms in total. The van der Waals surface area contributed by atoms with Crippen LogP contribution in [0.15, 0.2) is 0 Å². The molecule has 0 spiro atoms. The van der Waals surface area contributed by atoms with Crippen LogP contribution in [0, 0.1) is 0 Å². The summed E-state index contributed by atoms with van der Waals surface area (Å²) in [4.78, 5) is 2.62. The van der Waals surface area contributed by atoms with Crippen LogP contribution in [0.4, 0.5) is 0 Å². The lowest BCUT2D eigenvalue weighted by molar-refractivity contribution is 0.0654. The SMILES string of the molecule is CCCN1CC(CC)NCC1(C)C. The number of hydrogen-bond donors (Lipinski definition) is 1. The van der Waals surface area contributed by atoms with E-state index >= 15 is 0 Å². The van der Waals surface area contributed by atoms with E-state index < -0.39 is 0 Å². The summed E-state index contributed by atoms with van der Waals surface area (Å²) in [6, 6.07) is 0.708. The molecule has 0 aromatic rings. The fraction of sp³-hybridized carbons (Fsp3) is 1.00. The van der Waals surface area contributed by atoms with Gasteiger partial charge in [-0.2, -0.15) is 0 Å². The average Bonchev–Trinajstić information content (AvgIpc) is 2.09. The topological polar surface area (TPSA) is 15.3 Å². The standard InChI is InChI=1S/C11H24N2/c1-5-7-13-8-10(6-2)12-9-11(13,3)4/h10,12H,5-9H2,1-4H3. The lowest BCUT2D eigenvalue weighted by Gasteiger charge is -2.46. The first-order valence-electron chi connectivity index (χ1n) is 5.58. The number of nitrogens with one attached hydrogen (secondary N) is 1. The third kappa shape index (κ3) is 2.68. The first kappa shape index (κ1) is 11.0. The molecule has 1 atom stereocenters. The fourth-order valence-electron chi connectivity index (χ4n) is 2.02. The van der Waals surface area contributed by atoms with Gasteiger partial charge in [-0.05, 0) is 33.2 Å². The van der Waals surface area contributed by atoms with Crippen molar-refractivity contribution < 1.29 is 0 Å². The lowest BCUT2D eigenvalue weighted by atomic mass is 9.96. The van der Waals surface area contributed by atoms with Crippen molar-refractivity contribution in [2.45, 2.75) is 52.1 Å². The Hall–Kier alpha value is -0.0800. The highest BCUT2D eigenvalue weighted by Gasteiger charge is 2.32. The van der Waals surface area contributed by atoms with Crippen LogP contribution in [0.25, 0.3) is 0 Å². The lowest BCUT2D eigenvalue weighted by Crippen LogP contribution is -2.61. The molecule has 13 heavy (non-hydrogen) atoms. The molecular formula is C11H24N2. The molecule has 2 heteroatoms. The molecular weight excluding hydrogens is 160 g/mol. The first-order valence-corrected chi connectivity index (χ1v) is 5.58. The zero-order chi connectivity index (χ0) is 9.90. The molecule has 0 saturated carbocycles. The molecule has 1 aliphatic heterocycles. The van der Waals surface area contributed by atoms with Crippen LogP contribution < -0.4 is 5.32 Å². The van der Waals surface area contributed by atoms with Crippen molar-refractivity contribution in [3.05, 3.63) is 0 Å². The molecule has 1 heterocycles. The van der Waals surface area contributed by atoms with Gasteiger partial charge in [-0.15, -0.1) is 0 Å². The van der Waals surface area contributed by atoms with Crippen molar-refractivity contribution in [2.24, 2.45) is 0 Å². The summed E-state index contributed by atoms with van der Waals surface area (Å²) in [6.07, 6.45) is 2.51. The van der Waals surface area contributed by atoms with Crippen LogP contribution in [-0.4, -0.2) is 36.1 Å². The monoisotopic (exact) mass is 184 g/mol.